The molecular formula is C13H20. The molecule has 0 heteroatoms. The van der Waals surface area contributed by atoms with Gasteiger partial charge in [0.2, 0.25) is 0 Å². The summed E-state index contributed by atoms with van der Waals surface area (Å²) in [7, 11) is 0. The molecule has 0 amide bonds. The lowest BCUT2D eigenvalue weighted by Crippen LogP contribution is -1.89. The van der Waals surface area contributed by atoms with Crippen molar-refractivity contribution < 1.29 is 0 Å². The fourth-order valence-corrected chi connectivity index (χ4v) is 1.67. The third kappa shape index (κ3) is 3.22. The Kier molecular flexibility index (Phi) is 4.01. The van der Waals surface area contributed by atoms with Crippen molar-refractivity contribution in [2.45, 2.75) is 40.0 Å². The van der Waals surface area contributed by atoms with E-state index in [-0.39, 0.29) is 0 Å². The SMILES string of the molecule is C/C=C(\C=C/C1=CCCC1)C(C)C. The molecule has 0 saturated carbocycles. The van der Waals surface area contributed by atoms with Crippen LogP contribution in [0, 0.1) is 5.92 Å². The molecule has 1 rings (SSSR count). The summed E-state index contributed by atoms with van der Waals surface area (Å²) in [6.45, 7) is 6.59. The van der Waals surface area contributed by atoms with E-state index in [4.69, 9.17) is 0 Å². The van der Waals surface area contributed by atoms with E-state index in [1.54, 1.807) is 0 Å². The summed E-state index contributed by atoms with van der Waals surface area (Å²) in [4.78, 5) is 0. The maximum Gasteiger partial charge on any atom is -0.0222 e. The Balaban J connectivity index is 2.55. The third-order valence-electron chi connectivity index (χ3n) is 2.57. The average molecular weight is 176 g/mol. The molecule has 0 aromatic carbocycles. The van der Waals surface area contributed by atoms with E-state index in [9.17, 15) is 0 Å². The molecule has 72 valence electrons. The van der Waals surface area contributed by atoms with Gasteiger partial charge in [-0.1, -0.05) is 43.7 Å². The first-order valence-corrected chi connectivity index (χ1v) is 5.27. The lowest BCUT2D eigenvalue weighted by Gasteiger charge is -2.04. The van der Waals surface area contributed by atoms with E-state index in [0.717, 1.165) is 0 Å². The second-order valence-electron chi connectivity index (χ2n) is 3.95. The van der Waals surface area contributed by atoms with Crippen LogP contribution in [0.3, 0.4) is 0 Å². The number of hydrogen-bond donors (Lipinski definition) is 0. The summed E-state index contributed by atoms with van der Waals surface area (Å²) in [5, 5.41) is 0. The molecule has 0 radical (unpaired) electrons. The Morgan fingerprint density at radius 2 is 2.23 bits per heavy atom. The zero-order chi connectivity index (χ0) is 9.68. The van der Waals surface area contributed by atoms with E-state index in [1.165, 1.54) is 30.4 Å². The molecule has 1 aliphatic rings. The van der Waals surface area contributed by atoms with Gasteiger partial charge in [0, 0.05) is 0 Å². The first-order valence-electron chi connectivity index (χ1n) is 5.27. The average Bonchev–Trinajstić information content (AvgIpc) is 2.57. The van der Waals surface area contributed by atoms with Crippen LogP contribution in [0.2, 0.25) is 0 Å². The zero-order valence-electron chi connectivity index (χ0n) is 9.01. The van der Waals surface area contributed by atoms with E-state index in [1.807, 2.05) is 0 Å². The topological polar surface area (TPSA) is 0 Å². The standard InChI is InChI=1S/C13H20/c1-4-13(11(2)3)10-9-12-7-5-6-8-12/h4,7,9-11H,5-6,8H2,1-3H3/b10-9-,13-4+. The van der Waals surface area contributed by atoms with Crippen LogP contribution in [-0.2, 0) is 0 Å². The van der Waals surface area contributed by atoms with Gasteiger partial charge in [0.05, 0.1) is 0 Å². The van der Waals surface area contributed by atoms with Crippen LogP contribution < -0.4 is 0 Å². The molecule has 0 spiro atoms. The molecule has 0 nitrogen and oxygen atoms in total. The Hall–Kier alpha value is -0.780. The second kappa shape index (κ2) is 5.06. The van der Waals surface area contributed by atoms with E-state index in [2.05, 4.69) is 45.1 Å². The third-order valence-corrected chi connectivity index (χ3v) is 2.57. The fraction of sp³-hybridized carbons (Fsp3) is 0.538. The fourth-order valence-electron chi connectivity index (χ4n) is 1.67. The number of hydrogen-bond acceptors (Lipinski definition) is 0. The maximum atomic E-state index is 2.35. The van der Waals surface area contributed by atoms with Crippen molar-refractivity contribution in [3.05, 3.63) is 35.5 Å². The van der Waals surface area contributed by atoms with Gasteiger partial charge in [0.15, 0.2) is 0 Å². The van der Waals surface area contributed by atoms with Crippen molar-refractivity contribution in [2.24, 2.45) is 5.92 Å². The van der Waals surface area contributed by atoms with Crippen LogP contribution in [0.15, 0.2) is 35.5 Å². The maximum absolute atomic E-state index is 2.35. The highest BCUT2D eigenvalue weighted by atomic mass is 14.1. The molecule has 0 aromatic rings. The molecular weight excluding hydrogens is 156 g/mol. The van der Waals surface area contributed by atoms with Crippen LogP contribution in [-0.4, -0.2) is 0 Å². The van der Waals surface area contributed by atoms with Gasteiger partial charge >= 0.3 is 0 Å². The summed E-state index contributed by atoms with van der Waals surface area (Å²) in [6, 6.07) is 0. The molecule has 0 unspecified atom stereocenters. The Labute approximate surface area is 82.0 Å². The molecule has 0 aromatic heterocycles. The monoisotopic (exact) mass is 176 g/mol. The first kappa shape index (κ1) is 10.3. The summed E-state index contributed by atoms with van der Waals surface area (Å²) in [5.74, 6) is 0.642. The van der Waals surface area contributed by atoms with Crippen molar-refractivity contribution in [1.82, 2.24) is 0 Å². The highest BCUT2D eigenvalue weighted by Crippen LogP contribution is 2.20. The van der Waals surface area contributed by atoms with Gasteiger partial charge in [0.25, 0.3) is 0 Å². The second-order valence-corrected chi connectivity index (χ2v) is 3.95. The molecule has 13 heavy (non-hydrogen) atoms. The largest absolute Gasteiger partial charge is 0.0842 e. The minimum absolute atomic E-state index is 0.642. The van der Waals surface area contributed by atoms with Gasteiger partial charge < -0.3 is 0 Å². The van der Waals surface area contributed by atoms with Crippen LogP contribution in [0.5, 0.6) is 0 Å². The number of rotatable bonds is 3. The van der Waals surface area contributed by atoms with Gasteiger partial charge in [-0.05, 0) is 37.7 Å². The first-order chi connectivity index (χ1) is 6.24. The van der Waals surface area contributed by atoms with Gasteiger partial charge in [0.1, 0.15) is 0 Å². The van der Waals surface area contributed by atoms with Gasteiger partial charge in [-0.3, -0.25) is 0 Å². The molecule has 0 bridgehead atoms. The van der Waals surface area contributed by atoms with Crippen LogP contribution in [0.4, 0.5) is 0 Å². The molecule has 0 atom stereocenters. The molecule has 0 heterocycles. The summed E-state index contributed by atoms with van der Waals surface area (Å²) in [5.41, 5.74) is 2.95. The lowest BCUT2D eigenvalue weighted by atomic mass is 10.0. The van der Waals surface area contributed by atoms with Crippen molar-refractivity contribution >= 4 is 0 Å². The normalized spacial score (nSPS) is 18.8. The quantitative estimate of drug-likeness (QED) is 0.564. The van der Waals surface area contributed by atoms with Crippen LogP contribution in [0.1, 0.15) is 40.0 Å². The Morgan fingerprint density at radius 3 is 2.69 bits per heavy atom. The van der Waals surface area contributed by atoms with E-state index < -0.39 is 0 Å². The van der Waals surface area contributed by atoms with Crippen LogP contribution >= 0.6 is 0 Å². The molecule has 0 aliphatic heterocycles. The molecule has 0 fully saturated rings. The predicted octanol–water partition coefficient (Wildman–Crippen LogP) is 4.26. The van der Waals surface area contributed by atoms with E-state index in [0.29, 0.717) is 5.92 Å². The minimum Gasteiger partial charge on any atom is -0.0842 e. The predicted molar refractivity (Wildman–Crippen MR) is 59.7 cm³/mol. The van der Waals surface area contributed by atoms with Gasteiger partial charge in [-0.15, -0.1) is 0 Å². The molecule has 0 saturated heterocycles. The van der Waals surface area contributed by atoms with Crippen LogP contribution in [0.25, 0.3) is 0 Å². The molecule has 0 N–H and O–H groups in total. The zero-order valence-corrected chi connectivity index (χ0v) is 9.01. The van der Waals surface area contributed by atoms with Crippen molar-refractivity contribution in [2.75, 3.05) is 0 Å². The highest BCUT2D eigenvalue weighted by molar-refractivity contribution is 5.30. The van der Waals surface area contributed by atoms with Crippen molar-refractivity contribution in [1.29, 1.82) is 0 Å². The van der Waals surface area contributed by atoms with Crippen molar-refractivity contribution in [3.8, 4) is 0 Å². The number of allylic oxidation sites excluding steroid dienone is 6. The molecule has 1 aliphatic carbocycles. The summed E-state index contributed by atoms with van der Waals surface area (Å²) in [6.07, 6.45) is 13.0. The Bertz CT molecular complexity index is 239. The van der Waals surface area contributed by atoms with Crippen molar-refractivity contribution in [3.63, 3.8) is 0 Å². The highest BCUT2D eigenvalue weighted by Gasteiger charge is 2.01. The Morgan fingerprint density at radius 1 is 1.46 bits per heavy atom. The summed E-state index contributed by atoms with van der Waals surface area (Å²) < 4.78 is 0. The van der Waals surface area contributed by atoms with Gasteiger partial charge in [-0.2, -0.15) is 0 Å². The summed E-state index contributed by atoms with van der Waals surface area (Å²) >= 11 is 0. The minimum atomic E-state index is 0.642. The lowest BCUT2D eigenvalue weighted by molar-refractivity contribution is 0.789. The van der Waals surface area contributed by atoms with E-state index >= 15 is 0 Å². The smallest absolute Gasteiger partial charge is 0.0222 e. The van der Waals surface area contributed by atoms with Gasteiger partial charge in [-0.25, -0.2) is 0 Å².